The summed E-state index contributed by atoms with van der Waals surface area (Å²) in [5, 5.41) is 2.71. The number of methoxy groups -OCH3 is 1. The topological polar surface area (TPSA) is 64.6 Å². The van der Waals surface area contributed by atoms with Gasteiger partial charge in [-0.2, -0.15) is 0 Å². The van der Waals surface area contributed by atoms with Crippen molar-refractivity contribution in [2.24, 2.45) is 5.92 Å². The lowest BCUT2D eigenvalue weighted by Crippen LogP contribution is -2.26. The molecule has 0 aliphatic carbocycles. The molecule has 1 unspecified atom stereocenters. The Morgan fingerprint density at radius 2 is 2.11 bits per heavy atom. The van der Waals surface area contributed by atoms with Gasteiger partial charge in [0, 0.05) is 6.42 Å². The number of cyclic esters (lactones) is 1. The number of amides is 1. The summed E-state index contributed by atoms with van der Waals surface area (Å²) < 4.78 is 10.3. The summed E-state index contributed by atoms with van der Waals surface area (Å²) in [6.07, 6.45) is 0.382. The molecule has 1 aromatic rings. The Kier molecular flexibility index (Phi) is 3.46. The third-order valence-electron chi connectivity index (χ3n) is 3.04. The zero-order chi connectivity index (χ0) is 14.0. The third-order valence-corrected chi connectivity index (χ3v) is 3.04. The molecule has 0 radical (unpaired) electrons. The maximum atomic E-state index is 12.1. The van der Waals surface area contributed by atoms with Crippen molar-refractivity contribution in [3.8, 4) is 5.75 Å². The van der Waals surface area contributed by atoms with Gasteiger partial charge in [0.2, 0.25) is 5.91 Å². The minimum absolute atomic E-state index is 0.361. The maximum Gasteiger partial charge on any atom is 0.319 e. The molecule has 1 fully saturated rings. The van der Waals surface area contributed by atoms with E-state index < -0.39 is 17.5 Å². The lowest BCUT2D eigenvalue weighted by Gasteiger charge is -2.14. The summed E-state index contributed by atoms with van der Waals surface area (Å²) in [5.41, 5.74) is -0.0349. The second kappa shape index (κ2) is 4.91. The minimum atomic E-state index is -0.764. The van der Waals surface area contributed by atoms with E-state index in [1.807, 2.05) is 0 Å². The Balaban J connectivity index is 2.12. The van der Waals surface area contributed by atoms with E-state index in [4.69, 9.17) is 9.47 Å². The molecule has 5 nitrogen and oxygen atoms in total. The van der Waals surface area contributed by atoms with Crippen molar-refractivity contribution in [2.45, 2.75) is 25.9 Å². The first-order valence-corrected chi connectivity index (χ1v) is 6.10. The van der Waals surface area contributed by atoms with Crippen LogP contribution in [0.3, 0.4) is 0 Å². The smallest absolute Gasteiger partial charge is 0.319 e. The van der Waals surface area contributed by atoms with Gasteiger partial charge in [-0.25, -0.2) is 0 Å². The van der Waals surface area contributed by atoms with Crippen LogP contribution in [0.15, 0.2) is 24.3 Å². The van der Waals surface area contributed by atoms with Crippen LogP contribution in [-0.2, 0) is 14.3 Å². The Hall–Kier alpha value is -2.04. The highest BCUT2D eigenvalue weighted by atomic mass is 16.6. The fourth-order valence-corrected chi connectivity index (χ4v) is 2.13. The number of rotatable bonds is 3. The third kappa shape index (κ3) is 2.86. The fourth-order valence-electron chi connectivity index (χ4n) is 2.13. The number of ether oxygens (including phenoxy) is 2. The molecule has 0 spiro atoms. The van der Waals surface area contributed by atoms with Gasteiger partial charge >= 0.3 is 5.97 Å². The highest BCUT2D eigenvalue weighted by Gasteiger charge is 2.44. The number of anilines is 1. The Morgan fingerprint density at radius 1 is 1.42 bits per heavy atom. The molecular formula is C14H17NO4. The number of carbonyl (C=O) groups is 2. The summed E-state index contributed by atoms with van der Waals surface area (Å²) in [5.74, 6) is -1.04. The van der Waals surface area contributed by atoms with Gasteiger partial charge in [-0.1, -0.05) is 12.1 Å². The standard InChI is InChI=1S/C14H17NO4/c1-14(2)8-9(13(17)19-14)12(16)15-10-6-4-5-7-11(10)18-3/h4-7,9H,8H2,1-3H3,(H,15,16). The van der Waals surface area contributed by atoms with Crippen LogP contribution in [0.25, 0.3) is 0 Å². The average Bonchev–Trinajstić information content (AvgIpc) is 2.63. The van der Waals surface area contributed by atoms with Gasteiger partial charge in [0.1, 0.15) is 17.3 Å². The quantitative estimate of drug-likeness (QED) is 0.669. The van der Waals surface area contributed by atoms with Crippen molar-refractivity contribution in [1.29, 1.82) is 0 Å². The molecule has 1 aliphatic rings. The van der Waals surface area contributed by atoms with Gasteiger partial charge in [-0.15, -0.1) is 0 Å². The van der Waals surface area contributed by atoms with E-state index in [1.54, 1.807) is 38.1 Å². The van der Waals surface area contributed by atoms with E-state index in [2.05, 4.69) is 5.32 Å². The zero-order valence-corrected chi connectivity index (χ0v) is 11.2. The molecule has 5 heteroatoms. The Labute approximate surface area is 111 Å². The van der Waals surface area contributed by atoms with Gasteiger partial charge in [-0.3, -0.25) is 9.59 Å². The summed E-state index contributed by atoms with van der Waals surface area (Å²) >= 11 is 0. The van der Waals surface area contributed by atoms with Gasteiger partial charge < -0.3 is 14.8 Å². The first kappa shape index (κ1) is 13.4. The molecular weight excluding hydrogens is 246 g/mol. The van der Waals surface area contributed by atoms with Crippen LogP contribution in [0, 0.1) is 5.92 Å². The first-order valence-electron chi connectivity index (χ1n) is 6.10. The van der Waals surface area contributed by atoms with Crippen LogP contribution in [-0.4, -0.2) is 24.6 Å². The van der Waals surface area contributed by atoms with Gasteiger partial charge in [-0.05, 0) is 26.0 Å². The van der Waals surface area contributed by atoms with Gasteiger partial charge in [0.15, 0.2) is 0 Å². The summed E-state index contributed by atoms with van der Waals surface area (Å²) in [6.45, 7) is 3.59. The van der Waals surface area contributed by atoms with E-state index in [0.29, 0.717) is 17.9 Å². The predicted octanol–water partition coefficient (Wildman–Crippen LogP) is 1.98. The van der Waals surface area contributed by atoms with Crippen LogP contribution in [0.1, 0.15) is 20.3 Å². The summed E-state index contributed by atoms with van der Waals surface area (Å²) in [4.78, 5) is 23.8. The molecule has 1 aromatic carbocycles. The van der Waals surface area contributed by atoms with Crippen LogP contribution in [0.2, 0.25) is 0 Å². The highest BCUT2D eigenvalue weighted by molar-refractivity contribution is 6.06. The van der Waals surface area contributed by atoms with E-state index >= 15 is 0 Å². The number of para-hydroxylation sites is 2. The van der Waals surface area contributed by atoms with E-state index in [1.165, 1.54) is 7.11 Å². The number of esters is 1. The van der Waals surface area contributed by atoms with Crippen LogP contribution < -0.4 is 10.1 Å². The van der Waals surface area contributed by atoms with Crippen molar-refractivity contribution in [3.05, 3.63) is 24.3 Å². The normalized spacial score (nSPS) is 20.8. The molecule has 1 atom stereocenters. The molecule has 2 rings (SSSR count). The molecule has 1 heterocycles. The monoisotopic (exact) mass is 263 g/mol. The highest BCUT2D eigenvalue weighted by Crippen LogP contribution is 2.32. The summed E-state index contributed by atoms with van der Waals surface area (Å²) in [6, 6.07) is 7.06. The van der Waals surface area contributed by atoms with E-state index in [-0.39, 0.29) is 5.91 Å². The average molecular weight is 263 g/mol. The zero-order valence-electron chi connectivity index (χ0n) is 11.2. The van der Waals surface area contributed by atoms with Crippen LogP contribution in [0.4, 0.5) is 5.69 Å². The number of hydrogen-bond acceptors (Lipinski definition) is 4. The first-order chi connectivity index (χ1) is 8.93. The second-order valence-electron chi connectivity index (χ2n) is 5.13. The van der Waals surface area contributed by atoms with Crippen molar-refractivity contribution in [3.63, 3.8) is 0 Å². The van der Waals surface area contributed by atoms with Gasteiger partial charge in [0.05, 0.1) is 12.8 Å². The Morgan fingerprint density at radius 3 is 2.68 bits per heavy atom. The molecule has 1 N–H and O–H groups in total. The van der Waals surface area contributed by atoms with E-state index in [9.17, 15) is 9.59 Å². The number of hydrogen-bond donors (Lipinski definition) is 1. The molecule has 1 amide bonds. The van der Waals surface area contributed by atoms with Crippen LogP contribution in [0.5, 0.6) is 5.75 Å². The van der Waals surface area contributed by atoms with Crippen molar-refractivity contribution >= 4 is 17.6 Å². The van der Waals surface area contributed by atoms with Crippen molar-refractivity contribution < 1.29 is 19.1 Å². The summed E-state index contributed by atoms with van der Waals surface area (Å²) in [7, 11) is 1.53. The molecule has 1 saturated heterocycles. The lowest BCUT2D eigenvalue weighted by atomic mass is 9.97. The van der Waals surface area contributed by atoms with Gasteiger partial charge in [0.25, 0.3) is 0 Å². The van der Waals surface area contributed by atoms with Crippen molar-refractivity contribution in [2.75, 3.05) is 12.4 Å². The predicted molar refractivity (Wildman–Crippen MR) is 69.9 cm³/mol. The molecule has 0 bridgehead atoms. The largest absolute Gasteiger partial charge is 0.495 e. The number of carbonyl (C=O) groups excluding carboxylic acids is 2. The van der Waals surface area contributed by atoms with E-state index in [0.717, 1.165) is 0 Å². The van der Waals surface area contributed by atoms with Crippen molar-refractivity contribution in [1.82, 2.24) is 0 Å². The number of benzene rings is 1. The molecule has 102 valence electrons. The maximum absolute atomic E-state index is 12.1. The molecule has 19 heavy (non-hydrogen) atoms. The fraction of sp³-hybridized carbons (Fsp3) is 0.429. The molecule has 0 aromatic heterocycles. The minimum Gasteiger partial charge on any atom is -0.495 e. The molecule has 0 saturated carbocycles. The number of nitrogens with one attached hydrogen (secondary N) is 1. The van der Waals surface area contributed by atoms with Crippen LogP contribution >= 0.6 is 0 Å². The lowest BCUT2D eigenvalue weighted by molar-refractivity contribution is -0.149. The Bertz CT molecular complexity index is 510. The molecule has 1 aliphatic heterocycles. The second-order valence-corrected chi connectivity index (χ2v) is 5.13. The SMILES string of the molecule is COc1ccccc1NC(=O)C1CC(C)(C)OC1=O.